The van der Waals surface area contributed by atoms with E-state index >= 15 is 0 Å². The van der Waals surface area contributed by atoms with Crippen LogP contribution < -0.4 is 28.7 Å². The monoisotopic (exact) mass is 670 g/mol. The van der Waals surface area contributed by atoms with Crippen LogP contribution in [0, 0.1) is 0 Å². The zero-order chi connectivity index (χ0) is 34.3. The SMILES string of the molecule is COc1cc(N(CCOCCO)CCOCCO)cc(OC)c1Cc1c(OC)cc(N(CCOCCO)CCOCCO)cc1OC. The van der Waals surface area contributed by atoms with Gasteiger partial charge in [-0.25, -0.2) is 0 Å². The molecule has 0 saturated heterocycles. The molecule has 0 aliphatic rings. The summed E-state index contributed by atoms with van der Waals surface area (Å²) >= 11 is 0. The van der Waals surface area contributed by atoms with Gasteiger partial charge in [0.05, 0.1) is 108 Å². The third kappa shape index (κ3) is 13.5. The summed E-state index contributed by atoms with van der Waals surface area (Å²) in [7, 11) is 6.42. The van der Waals surface area contributed by atoms with Gasteiger partial charge in [-0.2, -0.15) is 0 Å². The second kappa shape index (κ2) is 24.1. The summed E-state index contributed by atoms with van der Waals surface area (Å²) in [4.78, 5) is 4.14. The third-order valence-corrected chi connectivity index (χ3v) is 7.23. The first-order valence-corrected chi connectivity index (χ1v) is 15.8. The van der Waals surface area contributed by atoms with Crippen molar-refractivity contribution >= 4 is 11.4 Å². The van der Waals surface area contributed by atoms with Crippen molar-refractivity contribution in [2.75, 3.05) is 144 Å². The molecule has 0 aromatic heterocycles. The molecule has 2 rings (SSSR count). The van der Waals surface area contributed by atoms with Crippen LogP contribution in [0.3, 0.4) is 0 Å². The van der Waals surface area contributed by atoms with Crippen LogP contribution in [-0.4, -0.2) is 154 Å². The number of hydrogen-bond donors (Lipinski definition) is 4. The van der Waals surface area contributed by atoms with Gasteiger partial charge in [-0.15, -0.1) is 0 Å². The molecule has 0 amide bonds. The summed E-state index contributed by atoms with van der Waals surface area (Å²) < 4.78 is 45.6. The molecule has 0 aliphatic heterocycles. The van der Waals surface area contributed by atoms with E-state index in [1.807, 2.05) is 24.3 Å². The highest BCUT2D eigenvalue weighted by Gasteiger charge is 2.22. The molecule has 0 aliphatic carbocycles. The lowest BCUT2D eigenvalue weighted by atomic mass is 9.99. The smallest absolute Gasteiger partial charge is 0.128 e. The van der Waals surface area contributed by atoms with E-state index in [9.17, 15) is 0 Å². The summed E-state index contributed by atoms with van der Waals surface area (Å²) in [6.07, 6.45) is 0.373. The molecule has 47 heavy (non-hydrogen) atoms. The lowest BCUT2D eigenvalue weighted by molar-refractivity contribution is 0.0884. The van der Waals surface area contributed by atoms with E-state index in [0.717, 1.165) is 22.5 Å². The maximum Gasteiger partial charge on any atom is 0.128 e. The Morgan fingerprint density at radius 1 is 0.426 bits per heavy atom. The lowest BCUT2D eigenvalue weighted by Gasteiger charge is -2.28. The molecule has 0 bridgehead atoms. The fourth-order valence-corrected chi connectivity index (χ4v) is 4.94. The third-order valence-electron chi connectivity index (χ3n) is 7.23. The average molecular weight is 671 g/mol. The van der Waals surface area contributed by atoms with Gasteiger partial charge in [-0.1, -0.05) is 0 Å². The first-order valence-electron chi connectivity index (χ1n) is 15.8. The predicted molar refractivity (Wildman–Crippen MR) is 178 cm³/mol. The minimum absolute atomic E-state index is 0.0556. The molecule has 0 fully saturated rings. The molecule has 14 heteroatoms. The van der Waals surface area contributed by atoms with Crippen LogP contribution in [-0.2, 0) is 25.4 Å². The van der Waals surface area contributed by atoms with Gasteiger partial charge in [0, 0.05) is 79.4 Å². The highest BCUT2D eigenvalue weighted by Crippen LogP contribution is 2.41. The van der Waals surface area contributed by atoms with Gasteiger partial charge < -0.3 is 68.1 Å². The topological polar surface area (TPSA) is 161 Å². The summed E-state index contributed by atoms with van der Waals surface area (Å²) in [5, 5.41) is 36.4. The van der Waals surface area contributed by atoms with E-state index in [4.69, 9.17) is 58.3 Å². The standard InChI is InChI=1S/C33H54N2O12/c1-40-30-21-26(34(5-13-44-17-9-36)6-14-45-18-10-37)22-31(41-2)28(30)25-29-32(42-3)23-27(24-33(29)43-4)35(7-15-46-19-11-38)8-16-47-20-12-39/h21-24,36-39H,5-20,25H2,1-4H3. The van der Waals surface area contributed by atoms with Gasteiger partial charge in [0.1, 0.15) is 23.0 Å². The Hall–Kier alpha value is -3.08. The van der Waals surface area contributed by atoms with Crippen molar-refractivity contribution in [1.29, 1.82) is 0 Å². The number of aliphatic hydroxyl groups is 4. The maximum absolute atomic E-state index is 9.10. The summed E-state index contributed by atoms with van der Waals surface area (Å²) in [6.45, 7) is 4.47. The average Bonchev–Trinajstić information content (AvgIpc) is 3.10. The van der Waals surface area contributed by atoms with Crippen LogP contribution >= 0.6 is 0 Å². The Labute approximate surface area is 278 Å². The molecule has 0 radical (unpaired) electrons. The van der Waals surface area contributed by atoms with Gasteiger partial charge in [0.2, 0.25) is 0 Å². The van der Waals surface area contributed by atoms with Crippen molar-refractivity contribution in [3.8, 4) is 23.0 Å². The molecule has 0 atom stereocenters. The highest BCUT2D eigenvalue weighted by atomic mass is 16.5. The molecule has 0 saturated carbocycles. The normalized spacial score (nSPS) is 11.1. The molecule has 268 valence electrons. The van der Waals surface area contributed by atoms with E-state index in [1.165, 1.54) is 0 Å². The Balaban J connectivity index is 2.46. The maximum atomic E-state index is 9.10. The molecular formula is C33H54N2O12. The highest BCUT2D eigenvalue weighted by molar-refractivity contribution is 5.65. The van der Waals surface area contributed by atoms with E-state index in [0.29, 0.717) is 82.0 Å². The van der Waals surface area contributed by atoms with Crippen LogP contribution in [0.1, 0.15) is 11.1 Å². The zero-order valence-corrected chi connectivity index (χ0v) is 28.3. The molecular weight excluding hydrogens is 616 g/mol. The van der Waals surface area contributed by atoms with Crippen molar-refractivity contribution in [3.05, 3.63) is 35.4 Å². The van der Waals surface area contributed by atoms with E-state index < -0.39 is 0 Å². The lowest BCUT2D eigenvalue weighted by Crippen LogP contribution is -2.31. The van der Waals surface area contributed by atoms with E-state index in [-0.39, 0.29) is 52.9 Å². The minimum Gasteiger partial charge on any atom is -0.496 e. The fraction of sp³-hybridized carbons (Fsp3) is 0.636. The number of nitrogens with zero attached hydrogens (tertiary/aromatic N) is 2. The Kier molecular flexibility index (Phi) is 20.6. The van der Waals surface area contributed by atoms with Crippen molar-refractivity contribution in [3.63, 3.8) is 0 Å². The van der Waals surface area contributed by atoms with Crippen molar-refractivity contribution in [1.82, 2.24) is 0 Å². The van der Waals surface area contributed by atoms with Crippen LogP contribution in [0.5, 0.6) is 23.0 Å². The number of ether oxygens (including phenoxy) is 8. The summed E-state index contributed by atoms with van der Waals surface area (Å²) in [6, 6.07) is 7.74. The minimum atomic E-state index is -0.0556. The first kappa shape index (κ1) is 40.1. The molecule has 4 N–H and O–H groups in total. The molecule has 14 nitrogen and oxygen atoms in total. The first-order chi connectivity index (χ1) is 23.0. The quantitative estimate of drug-likeness (QED) is 0.0948. The molecule has 0 spiro atoms. The van der Waals surface area contributed by atoms with Gasteiger partial charge in [0.15, 0.2) is 0 Å². The van der Waals surface area contributed by atoms with E-state index in [2.05, 4.69) is 9.80 Å². The van der Waals surface area contributed by atoms with Crippen molar-refractivity contribution < 1.29 is 58.3 Å². The molecule has 2 aromatic carbocycles. The number of aliphatic hydroxyl groups excluding tert-OH is 4. The van der Waals surface area contributed by atoms with E-state index in [1.54, 1.807) is 28.4 Å². The predicted octanol–water partition coefficient (Wildman–Crippen LogP) is 0.960. The number of rotatable bonds is 28. The van der Waals surface area contributed by atoms with Crippen LogP contribution in [0.15, 0.2) is 24.3 Å². The van der Waals surface area contributed by atoms with Crippen LogP contribution in [0.25, 0.3) is 0 Å². The Bertz CT molecular complexity index is 964. The molecule has 0 heterocycles. The number of hydrogen-bond acceptors (Lipinski definition) is 14. The second-order valence-electron chi connectivity index (χ2n) is 10.2. The summed E-state index contributed by atoms with van der Waals surface area (Å²) in [5.74, 6) is 2.42. The van der Waals surface area contributed by atoms with Gasteiger partial charge in [-0.05, 0) is 0 Å². The summed E-state index contributed by atoms with van der Waals surface area (Å²) in [5.41, 5.74) is 3.25. The van der Waals surface area contributed by atoms with Gasteiger partial charge in [0.25, 0.3) is 0 Å². The van der Waals surface area contributed by atoms with Gasteiger partial charge in [-0.3, -0.25) is 0 Å². The Morgan fingerprint density at radius 2 is 0.681 bits per heavy atom. The van der Waals surface area contributed by atoms with Crippen molar-refractivity contribution in [2.24, 2.45) is 0 Å². The van der Waals surface area contributed by atoms with Gasteiger partial charge >= 0.3 is 0 Å². The largest absolute Gasteiger partial charge is 0.496 e. The molecule has 0 unspecified atom stereocenters. The number of methoxy groups -OCH3 is 4. The number of anilines is 2. The molecule has 2 aromatic rings. The fourth-order valence-electron chi connectivity index (χ4n) is 4.94. The Morgan fingerprint density at radius 3 is 0.894 bits per heavy atom. The van der Waals surface area contributed by atoms with Crippen molar-refractivity contribution in [2.45, 2.75) is 6.42 Å². The number of benzene rings is 2. The van der Waals surface area contributed by atoms with Crippen LogP contribution in [0.2, 0.25) is 0 Å². The van der Waals surface area contributed by atoms with Crippen LogP contribution in [0.4, 0.5) is 11.4 Å². The zero-order valence-electron chi connectivity index (χ0n) is 28.3. The second-order valence-corrected chi connectivity index (χ2v) is 10.2.